The third-order valence-corrected chi connectivity index (χ3v) is 9.00. The summed E-state index contributed by atoms with van der Waals surface area (Å²) in [6, 6.07) is 7.20. The van der Waals surface area contributed by atoms with Gasteiger partial charge in [0.25, 0.3) is 11.8 Å². The van der Waals surface area contributed by atoms with Crippen LogP contribution in [0.25, 0.3) is 11.3 Å². The first-order valence-electron chi connectivity index (χ1n) is 14.9. The Morgan fingerprint density at radius 3 is 2.18 bits per heavy atom. The van der Waals surface area contributed by atoms with Crippen molar-refractivity contribution >= 4 is 41.0 Å². The Labute approximate surface area is 280 Å². The highest BCUT2D eigenvalue weighted by Crippen LogP contribution is 2.49. The smallest absolute Gasteiger partial charge is 0.490 e. The summed E-state index contributed by atoms with van der Waals surface area (Å²) in [4.78, 5) is 55.5. The van der Waals surface area contributed by atoms with Gasteiger partial charge >= 0.3 is 12.1 Å². The highest BCUT2D eigenvalue weighted by molar-refractivity contribution is 6.34. The molecule has 3 atom stereocenters. The van der Waals surface area contributed by atoms with Gasteiger partial charge in [-0.2, -0.15) is 17.6 Å². The van der Waals surface area contributed by atoms with Gasteiger partial charge in [0.2, 0.25) is 11.7 Å². The minimum Gasteiger partial charge on any atom is -0.494 e. The first-order chi connectivity index (χ1) is 23.1. The van der Waals surface area contributed by atoms with Crippen LogP contribution >= 0.6 is 11.6 Å². The number of imidazole rings is 1. The molecule has 262 valence electrons. The van der Waals surface area contributed by atoms with Crippen LogP contribution in [-0.4, -0.2) is 101 Å². The van der Waals surface area contributed by atoms with E-state index in [-0.39, 0.29) is 51.1 Å². The van der Waals surface area contributed by atoms with Crippen molar-refractivity contribution < 1.29 is 51.0 Å². The van der Waals surface area contributed by atoms with Crippen molar-refractivity contribution in [1.82, 2.24) is 24.7 Å². The second-order valence-electron chi connectivity index (χ2n) is 11.6. The molecule has 3 heterocycles. The van der Waals surface area contributed by atoms with Gasteiger partial charge in [0, 0.05) is 50.4 Å². The van der Waals surface area contributed by atoms with E-state index in [2.05, 4.69) is 15.6 Å². The summed E-state index contributed by atoms with van der Waals surface area (Å²) in [6.07, 6.45) is -3.81. The number of piperazine rings is 1. The molecule has 0 radical (unpaired) electrons. The minimum atomic E-state index is -5.08. The molecule has 12 nitrogen and oxygen atoms in total. The van der Waals surface area contributed by atoms with Crippen LogP contribution in [0.2, 0.25) is 5.02 Å². The predicted octanol–water partition coefficient (Wildman–Crippen LogP) is 3.66. The molecule has 1 unspecified atom stereocenters. The van der Waals surface area contributed by atoms with Gasteiger partial charge in [0.15, 0.2) is 17.4 Å². The fourth-order valence-corrected chi connectivity index (χ4v) is 6.27. The second-order valence-corrected chi connectivity index (χ2v) is 12.0. The number of rotatable bonds is 6. The van der Waals surface area contributed by atoms with E-state index in [1.807, 2.05) is 4.90 Å². The Morgan fingerprint density at radius 2 is 1.61 bits per heavy atom. The van der Waals surface area contributed by atoms with Crippen LogP contribution in [0, 0.1) is 29.4 Å². The van der Waals surface area contributed by atoms with Crippen LogP contribution in [0.3, 0.4) is 0 Å². The summed E-state index contributed by atoms with van der Waals surface area (Å²) in [7, 11) is 2.74. The van der Waals surface area contributed by atoms with Crippen molar-refractivity contribution in [2.75, 3.05) is 51.7 Å². The van der Waals surface area contributed by atoms with Crippen molar-refractivity contribution in [2.45, 2.75) is 6.18 Å². The summed E-state index contributed by atoms with van der Waals surface area (Å²) < 4.78 is 66.7. The number of nitrogens with zero attached hydrogens (tertiary/aromatic N) is 4. The van der Waals surface area contributed by atoms with E-state index in [1.54, 1.807) is 11.0 Å². The van der Waals surface area contributed by atoms with E-state index < -0.39 is 29.7 Å². The number of alkyl halides is 3. The highest BCUT2D eigenvalue weighted by atomic mass is 35.5. The van der Waals surface area contributed by atoms with Crippen molar-refractivity contribution in [2.24, 2.45) is 24.8 Å². The van der Waals surface area contributed by atoms with Crippen LogP contribution in [0.5, 0.6) is 5.75 Å². The quantitative estimate of drug-likeness (QED) is 0.329. The number of piperidine rings is 1. The lowest BCUT2D eigenvalue weighted by atomic mass is 10.1. The molecule has 3 aromatic rings. The molecule has 3 aliphatic rings. The molecule has 18 heteroatoms. The number of halogens is 6. The molecule has 1 aliphatic carbocycles. The first-order valence-corrected chi connectivity index (χ1v) is 15.3. The zero-order chi connectivity index (χ0) is 35.8. The van der Waals surface area contributed by atoms with Crippen LogP contribution in [-0.2, 0) is 16.6 Å². The number of fused-ring (bicyclic) bond motifs is 1. The first kappa shape index (κ1) is 35.5. The van der Waals surface area contributed by atoms with Gasteiger partial charge in [-0.1, -0.05) is 11.6 Å². The van der Waals surface area contributed by atoms with Gasteiger partial charge in [0.05, 0.1) is 29.6 Å². The van der Waals surface area contributed by atoms with Crippen molar-refractivity contribution in [1.29, 1.82) is 0 Å². The zero-order valence-corrected chi connectivity index (χ0v) is 26.7. The molecular weight excluding hydrogens is 683 g/mol. The maximum atomic E-state index is 14.6. The number of hydrogen-bond acceptors (Lipinski definition) is 7. The van der Waals surface area contributed by atoms with E-state index in [0.29, 0.717) is 43.7 Å². The number of aromatic nitrogens is 2. The molecule has 49 heavy (non-hydrogen) atoms. The molecule has 0 spiro atoms. The third kappa shape index (κ3) is 7.32. The Kier molecular flexibility index (Phi) is 10.1. The van der Waals surface area contributed by atoms with Crippen LogP contribution < -0.4 is 15.4 Å². The monoisotopic (exact) mass is 712 g/mol. The number of ether oxygens (including phenoxy) is 1. The van der Waals surface area contributed by atoms with E-state index >= 15 is 0 Å². The van der Waals surface area contributed by atoms with Gasteiger partial charge < -0.3 is 34.8 Å². The number of methoxy groups -OCH3 is 1. The summed E-state index contributed by atoms with van der Waals surface area (Å²) in [5, 5.41) is 13.3. The lowest BCUT2D eigenvalue weighted by Crippen LogP contribution is -2.51. The number of hydrogen-bond donors (Lipinski definition) is 3. The van der Waals surface area contributed by atoms with Gasteiger partial charge in [-0.3, -0.25) is 14.4 Å². The largest absolute Gasteiger partial charge is 0.494 e. The highest BCUT2D eigenvalue weighted by Gasteiger charge is 2.58. The van der Waals surface area contributed by atoms with Crippen molar-refractivity contribution in [3.05, 3.63) is 64.6 Å². The molecule has 3 fully saturated rings. The molecule has 1 aromatic heterocycles. The van der Waals surface area contributed by atoms with Crippen LogP contribution in [0.4, 0.5) is 27.6 Å². The average Bonchev–Trinajstić information content (AvgIpc) is 3.32. The lowest BCUT2D eigenvalue weighted by Gasteiger charge is -2.35. The second kappa shape index (κ2) is 14.0. The number of carboxylic acids is 1. The van der Waals surface area contributed by atoms with Gasteiger partial charge in [-0.05, 0) is 55.3 Å². The van der Waals surface area contributed by atoms with Crippen LogP contribution in [0.15, 0.2) is 36.5 Å². The fraction of sp³-hybridized carbons (Fsp3) is 0.387. The minimum absolute atomic E-state index is 0.0459. The molecule has 3 N–H and O–H groups in total. The van der Waals surface area contributed by atoms with Gasteiger partial charge in [-0.25, -0.2) is 14.2 Å². The van der Waals surface area contributed by atoms with Gasteiger partial charge in [0.1, 0.15) is 0 Å². The standard InChI is InChI=1S/C29H29ClF2N6O4.C2HF3O2/c1-36-21(17-5-6-22(42-2)25(32)24(17)31)14-34-26(36)27(39)35-15-3-4-16(20(30)11-15)28(40)37-7-9-38(10-8-37)29(41)23-18-12-33-13-19(18)23;3-2(4,5)1(6)7/h3-6,11,14,18-19,23,33H,7-10,12-13H2,1-2H3,(H,35,39);(H,6,7)/t18-,19+,23?;. The zero-order valence-electron chi connectivity index (χ0n) is 26.0. The number of anilines is 1. The third-order valence-electron chi connectivity index (χ3n) is 8.69. The predicted molar refractivity (Wildman–Crippen MR) is 164 cm³/mol. The maximum absolute atomic E-state index is 14.6. The summed E-state index contributed by atoms with van der Waals surface area (Å²) in [5.74, 6) is -4.93. The molecule has 2 saturated heterocycles. The number of carbonyl (C=O) groups is 4. The summed E-state index contributed by atoms with van der Waals surface area (Å²) in [5.41, 5.74) is 0.726. The van der Waals surface area contributed by atoms with E-state index in [9.17, 15) is 36.3 Å². The topological polar surface area (TPSA) is 146 Å². The number of benzene rings is 2. The molecule has 2 aromatic carbocycles. The van der Waals surface area contributed by atoms with Gasteiger partial charge in [-0.15, -0.1) is 0 Å². The van der Waals surface area contributed by atoms with E-state index in [0.717, 1.165) is 13.1 Å². The number of carbonyl (C=O) groups excluding carboxylic acids is 3. The normalized spacial score (nSPS) is 19.8. The number of carboxylic acid groups (broad SMARTS) is 1. The molecule has 2 aliphatic heterocycles. The van der Waals surface area contributed by atoms with Crippen LogP contribution in [0.1, 0.15) is 21.0 Å². The lowest BCUT2D eigenvalue weighted by molar-refractivity contribution is -0.192. The molecule has 6 rings (SSSR count). The number of nitrogens with one attached hydrogen (secondary N) is 2. The van der Waals surface area contributed by atoms with Crippen molar-refractivity contribution in [3.63, 3.8) is 0 Å². The maximum Gasteiger partial charge on any atom is 0.490 e. The molecule has 3 amide bonds. The number of aliphatic carboxylic acids is 1. The van der Waals surface area contributed by atoms with Crippen molar-refractivity contribution in [3.8, 4) is 17.0 Å². The SMILES string of the molecule is COc1ccc(-c2cnc(C(=O)Nc3ccc(C(=O)N4CCN(C(=O)C5[C@H]6CNC[C@@H]56)CC4)c(Cl)c3)n2C)c(F)c1F.O=C(O)C(F)(F)F. The summed E-state index contributed by atoms with van der Waals surface area (Å²) >= 11 is 6.45. The Hall–Kier alpha value is -4.77. The number of amides is 3. The molecule has 1 saturated carbocycles. The summed E-state index contributed by atoms with van der Waals surface area (Å²) in [6.45, 7) is 3.61. The molecular formula is C31H30ClF5N6O6. The Bertz CT molecular complexity index is 1780. The Balaban J connectivity index is 0.000000606. The molecule has 0 bridgehead atoms. The van der Waals surface area contributed by atoms with E-state index in [4.69, 9.17) is 26.2 Å². The Morgan fingerprint density at radius 1 is 1.00 bits per heavy atom. The average molecular weight is 713 g/mol. The fourth-order valence-electron chi connectivity index (χ4n) is 6.01. The van der Waals surface area contributed by atoms with E-state index in [1.165, 1.54) is 49.2 Å².